The zero-order valence-corrected chi connectivity index (χ0v) is 53.5. The van der Waals surface area contributed by atoms with Crippen LogP contribution in [0, 0.1) is 16.7 Å². The summed E-state index contributed by atoms with van der Waals surface area (Å²) in [6.45, 7) is 10.3. The Balaban J connectivity index is 1.23. The molecule has 0 radical (unpaired) electrons. The molecule has 2 heterocycles. The molecule has 0 aromatic heterocycles. The van der Waals surface area contributed by atoms with Gasteiger partial charge >= 0.3 is 30.0 Å². The van der Waals surface area contributed by atoms with Crippen molar-refractivity contribution in [1.29, 1.82) is 0 Å². The van der Waals surface area contributed by atoms with Gasteiger partial charge in [-0.05, 0) is 107 Å². The standard InChI is InChI=1S/C60H66I3N3O18/c1-32-38(80-53(76)46(72)45(34-17-11-8-12-18-34)65-54(77)84-55(3,4)5)30-59(78)50(82-52(75)35-19-13-9-14-20-35)48-56(6,39(68)29-40-58(48,31-79-40)83-33(2)67)49(73)47(44(32)57(59,7)60(61,62)63)81-51(74)36-22-24-37(25-23-36)64-41(69)21-15-10-16-28-66-42(70)26-27-43(66)71/h8-9,11-14,17-20,22-27,38-40,45-48,50,68,72,78H,10,15-16,21,28-31H2,1-7H3,(H,64,69)(H,65,77)/t38-,39-,40+,45-,46+,47+,48-,50-,56+,57?,58-,59-/m0/s1. The molecule has 3 fully saturated rings. The second-order valence-corrected chi connectivity index (χ2v) is 34.1. The highest BCUT2D eigenvalue weighted by molar-refractivity contribution is 14.3. The Morgan fingerprint density at radius 1 is 0.821 bits per heavy atom. The predicted molar refractivity (Wildman–Crippen MR) is 325 cm³/mol. The third-order valence-electron chi connectivity index (χ3n) is 16.6. The number of esters is 4. The Morgan fingerprint density at radius 3 is 1.99 bits per heavy atom. The van der Waals surface area contributed by atoms with Gasteiger partial charge in [0.05, 0.1) is 46.6 Å². The number of nitrogens with one attached hydrogen (secondary N) is 2. The molecule has 5 aliphatic rings. The van der Waals surface area contributed by atoms with Crippen LogP contribution in [0.5, 0.6) is 0 Å². The summed E-state index contributed by atoms with van der Waals surface area (Å²) in [4.78, 5) is 126. The van der Waals surface area contributed by atoms with Gasteiger partial charge in [0, 0.05) is 50.6 Å². The Labute approximate surface area is 526 Å². The van der Waals surface area contributed by atoms with E-state index >= 15 is 4.79 Å². The van der Waals surface area contributed by atoms with E-state index < -0.39 is 124 Å². The molecule has 3 aliphatic carbocycles. The summed E-state index contributed by atoms with van der Waals surface area (Å²) in [7, 11) is 0. The second-order valence-electron chi connectivity index (χ2n) is 23.1. The number of Topliss-reactive ketones (excluding diaryl/α,β-unsaturated/α-hetero) is 1. The number of unbranched alkanes of at least 4 members (excludes halogenated alkanes) is 2. The normalized spacial score (nSPS) is 28.9. The van der Waals surface area contributed by atoms with Crippen molar-refractivity contribution in [2.75, 3.05) is 18.5 Å². The lowest BCUT2D eigenvalue weighted by atomic mass is 9.44. The van der Waals surface area contributed by atoms with Gasteiger partial charge in [0.2, 0.25) is 5.91 Å². The number of imide groups is 1. The van der Waals surface area contributed by atoms with Crippen LogP contribution in [0.3, 0.4) is 0 Å². The molecule has 2 aliphatic heterocycles. The van der Waals surface area contributed by atoms with Crippen LogP contribution in [0.4, 0.5) is 10.5 Å². The largest absolute Gasteiger partial charge is 0.456 e. The summed E-state index contributed by atoms with van der Waals surface area (Å²) < 4.78 is 35.8. The minimum Gasteiger partial charge on any atom is -0.456 e. The molecule has 0 spiro atoms. The van der Waals surface area contributed by atoms with Crippen molar-refractivity contribution in [3.8, 4) is 0 Å². The van der Waals surface area contributed by atoms with Gasteiger partial charge in [-0.1, -0.05) is 123 Å². The maximum atomic E-state index is 16.5. The number of carbonyl (C=O) groups excluding carboxylic acids is 9. The first-order chi connectivity index (χ1) is 39.4. The Morgan fingerprint density at radius 2 is 1.42 bits per heavy atom. The van der Waals surface area contributed by atoms with Crippen molar-refractivity contribution in [1.82, 2.24) is 10.2 Å². The molecule has 84 heavy (non-hydrogen) atoms. The number of rotatable bonds is 18. The van der Waals surface area contributed by atoms with Gasteiger partial charge in [-0.25, -0.2) is 19.2 Å². The molecule has 4 amide bonds. The van der Waals surface area contributed by atoms with E-state index in [1.165, 1.54) is 62.4 Å². The fraction of sp³-hybridized carbons (Fsp3) is 0.483. The molecule has 12 atom stereocenters. The van der Waals surface area contributed by atoms with E-state index in [2.05, 4.69) is 10.6 Å². The van der Waals surface area contributed by atoms with Gasteiger partial charge in [0.1, 0.15) is 28.9 Å². The van der Waals surface area contributed by atoms with Gasteiger partial charge < -0.3 is 54.4 Å². The van der Waals surface area contributed by atoms with Gasteiger partial charge in [0.25, 0.3) is 11.8 Å². The number of halogens is 3. The Bertz CT molecular complexity index is 3130. The number of ether oxygens (including phenoxy) is 6. The molecule has 21 nitrogen and oxygen atoms in total. The molecule has 8 rings (SSSR count). The van der Waals surface area contributed by atoms with Crippen LogP contribution in [-0.2, 0) is 57.2 Å². The summed E-state index contributed by atoms with van der Waals surface area (Å²) in [5.74, 6) is -8.05. The summed E-state index contributed by atoms with van der Waals surface area (Å²) in [5.41, 5.74) is -9.26. The number of aliphatic hydroxyl groups is 3. The number of hydrogen-bond donors (Lipinski definition) is 5. The zero-order chi connectivity index (χ0) is 61.5. The maximum absolute atomic E-state index is 16.5. The lowest BCUT2D eigenvalue weighted by Gasteiger charge is -2.68. The summed E-state index contributed by atoms with van der Waals surface area (Å²) in [6.07, 6.45) is -8.66. The highest BCUT2D eigenvalue weighted by atomic mass is 127. The molecule has 1 saturated heterocycles. The number of nitrogens with zero attached hydrogens (tertiary/aromatic N) is 1. The lowest BCUT2D eigenvalue weighted by molar-refractivity contribution is -0.345. The third-order valence-corrected chi connectivity index (χ3v) is 19.8. The molecule has 24 heteroatoms. The molecule has 3 aromatic carbocycles. The van der Waals surface area contributed by atoms with Crippen molar-refractivity contribution in [3.05, 3.63) is 125 Å². The first kappa shape index (κ1) is 64.6. The molecule has 450 valence electrons. The molecular weight excluding hydrogens is 1430 g/mol. The van der Waals surface area contributed by atoms with E-state index in [9.17, 15) is 53.7 Å². The molecular formula is C60H66I3N3O18. The lowest BCUT2D eigenvalue weighted by Crippen LogP contribution is -2.82. The fourth-order valence-corrected chi connectivity index (χ4v) is 14.5. The van der Waals surface area contributed by atoms with E-state index in [1.807, 2.05) is 67.8 Å². The Hall–Kier alpha value is -5.40. The van der Waals surface area contributed by atoms with Crippen LogP contribution in [0.15, 0.2) is 108 Å². The van der Waals surface area contributed by atoms with Crippen molar-refractivity contribution in [3.63, 3.8) is 0 Å². The van der Waals surface area contributed by atoms with Gasteiger partial charge in [0.15, 0.2) is 23.6 Å². The van der Waals surface area contributed by atoms with Crippen LogP contribution < -0.4 is 10.6 Å². The number of benzene rings is 3. The van der Waals surface area contributed by atoms with Crippen molar-refractivity contribution in [2.24, 2.45) is 16.7 Å². The number of anilines is 1. The van der Waals surface area contributed by atoms with Gasteiger partial charge in [-0.3, -0.25) is 28.9 Å². The first-order valence-electron chi connectivity index (χ1n) is 27.2. The van der Waals surface area contributed by atoms with Crippen LogP contribution >= 0.6 is 67.8 Å². The highest BCUT2D eigenvalue weighted by Gasteiger charge is 2.80. The topological polar surface area (TPSA) is 297 Å². The number of hydrogen-bond acceptors (Lipinski definition) is 18. The molecule has 2 saturated carbocycles. The van der Waals surface area contributed by atoms with E-state index in [-0.39, 0.29) is 64.9 Å². The fourth-order valence-electron chi connectivity index (χ4n) is 12.2. The average Bonchev–Trinajstić information content (AvgIpc) is 0.711. The summed E-state index contributed by atoms with van der Waals surface area (Å²) >= 11 is 6.14. The smallest absolute Gasteiger partial charge is 0.408 e. The van der Waals surface area contributed by atoms with E-state index in [4.69, 9.17) is 28.4 Å². The minimum absolute atomic E-state index is 0.0123. The van der Waals surface area contributed by atoms with E-state index in [1.54, 1.807) is 76.2 Å². The summed E-state index contributed by atoms with van der Waals surface area (Å²) in [6, 6.07) is 19.9. The highest BCUT2D eigenvalue weighted by Crippen LogP contribution is 2.70. The molecule has 5 N–H and O–H groups in total. The number of aliphatic hydroxyl groups excluding tert-OH is 2. The number of alkyl halides is 3. The number of carbonyl (C=O) groups is 9. The summed E-state index contributed by atoms with van der Waals surface area (Å²) in [5, 5.41) is 44.5. The van der Waals surface area contributed by atoms with Crippen LogP contribution in [0.2, 0.25) is 0 Å². The molecule has 2 bridgehead atoms. The maximum Gasteiger partial charge on any atom is 0.408 e. The number of amides is 4. The van der Waals surface area contributed by atoms with Crippen molar-refractivity contribution >= 4 is 127 Å². The second kappa shape index (κ2) is 25.1. The van der Waals surface area contributed by atoms with Crippen LogP contribution in [0.25, 0.3) is 0 Å². The van der Waals surface area contributed by atoms with Gasteiger partial charge in [-0.2, -0.15) is 0 Å². The zero-order valence-electron chi connectivity index (χ0n) is 47.1. The SMILES string of the molecule is CC(=O)O[C@@]12CO[C@@H]1C[C@H](O)[C@@]1(C)C(=O)[C@H](OC(=O)c3ccc(NC(=O)CCCCCN4C(=O)C=CC4=O)cc3)C3=C(C)[C@@H](OC(=O)[C@H](O)[C@@H](NC(=O)OC(C)(C)C)c4ccccc4)C[C@](O)([C@@H](OC(=O)c4ccccc4)[C@H]21)C3(C)C(I)(I)I. The van der Waals surface area contributed by atoms with Crippen LogP contribution in [0.1, 0.15) is 119 Å². The predicted octanol–water partition coefficient (Wildman–Crippen LogP) is 7.49. The van der Waals surface area contributed by atoms with Crippen molar-refractivity contribution in [2.45, 2.75) is 146 Å². The monoisotopic (exact) mass is 1500 g/mol. The van der Waals surface area contributed by atoms with E-state index in [0.717, 1.165) is 11.8 Å². The quantitative estimate of drug-likeness (QED) is 0.0157. The first-order valence-corrected chi connectivity index (χ1v) is 30.5. The number of fused-ring (bicyclic) bond motifs is 5. The average molecular weight is 1500 g/mol. The van der Waals surface area contributed by atoms with E-state index in [0.29, 0.717) is 24.9 Å². The number of ketones is 1. The Kier molecular flexibility index (Phi) is 19.3. The number of alkyl carbamates (subject to hydrolysis) is 1. The molecule has 3 aromatic rings. The minimum atomic E-state index is -2.61. The molecule has 1 unspecified atom stereocenters. The van der Waals surface area contributed by atoms with Crippen LogP contribution in [-0.4, -0.2) is 140 Å². The van der Waals surface area contributed by atoms with Gasteiger partial charge in [-0.15, -0.1) is 0 Å². The third kappa shape index (κ3) is 12.6. The van der Waals surface area contributed by atoms with Crippen molar-refractivity contribution < 1.29 is 86.9 Å².